The van der Waals surface area contributed by atoms with Crippen LogP contribution in [0.4, 0.5) is 0 Å². The Labute approximate surface area is 252 Å². The second-order valence-electron chi connectivity index (χ2n) is 11.3. The van der Waals surface area contributed by atoms with Crippen LogP contribution in [0.15, 0.2) is 64.5 Å². The van der Waals surface area contributed by atoms with E-state index in [2.05, 4.69) is 30.3 Å². The van der Waals surface area contributed by atoms with E-state index in [0.29, 0.717) is 34.1 Å². The van der Waals surface area contributed by atoms with Gasteiger partial charge in [-0.25, -0.2) is 0 Å². The van der Waals surface area contributed by atoms with Gasteiger partial charge >= 0.3 is 0 Å². The Kier molecular flexibility index (Phi) is 8.87. The van der Waals surface area contributed by atoms with Gasteiger partial charge in [0.15, 0.2) is 16.7 Å². The SMILES string of the molecule is COc1cc(C=C2SC(=NC3CCCCC3)N(C3CCCCC3)C2=O)cc(Cl)c1OCc1ccc2ccccc2c1. The number of amides is 1. The van der Waals surface area contributed by atoms with Crippen LogP contribution in [-0.4, -0.2) is 35.2 Å². The lowest BCUT2D eigenvalue weighted by Crippen LogP contribution is -2.41. The second-order valence-corrected chi connectivity index (χ2v) is 12.7. The van der Waals surface area contributed by atoms with Gasteiger partial charge < -0.3 is 9.47 Å². The van der Waals surface area contributed by atoms with Gasteiger partial charge in [-0.15, -0.1) is 0 Å². The molecule has 2 saturated carbocycles. The van der Waals surface area contributed by atoms with Crippen LogP contribution in [0.2, 0.25) is 5.02 Å². The summed E-state index contributed by atoms with van der Waals surface area (Å²) in [6.07, 6.45) is 13.6. The summed E-state index contributed by atoms with van der Waals surface area (Å²) < 4.78 is 11.9. The van der Waals surface area contributed by atoms with Crippen molar-refractivity contribution in [2.75, 3.05) is 7.11 Å². The molecule has 7 heteroatoms. The molecular formula is C34H37ClN2O3S. The van der Waals surface area contributed by atoms with Crippen LogP contribution >= 0.6 is 23.4 Å². The number of hydrogen-bond acceptors (Lipinski definition) is 5. The number of methoxy groups -OCH3 is 1. The number of carbonyl (C=O) groups excluding carboxylic acids is 1. The summed E-state index contributed by atoms with van der Waals surface area (Å²) in [6, 6.07) is 18.8. The first-order valence-corrected chi connectivity index (χ1v) is 16.1. The molecule has 0 bridgehead atoms. The number of ether oxygens (including phenoxy) is 2. The number of rotatable bonds is 7. The number of hydrogen-bond donors (Lipinski definition) is 0. The molecular weight excluding hydrogens is 552 g/mol. The molecule has 2 aliphatic carbocycles. The first-order valence-electron chi connectivity index (χ1n) is 14.9. The van der Waals surface area contributed by atoms with E-state index in [1.807, 2.05) is 35.2 Å². The predicted octanol–water partition coefficient (Wildman–Crippen LogP) is 9.02. The highest BCUT2D eigenvalue weighted by Crippen LogP contribution is 2.41. The van der Waals surface area contributed by atoms with Gasteiger partial charge in [0.2, 0.25) is 0 Å². The van der Waals surface area contributed by atoms with Gasteiger partial charge in [-0.2, -0.15) is 0 Å². The third-order valence-corrected chi connectivity index (χ3v) is 9.67. The molecule has 0 aromatic heterocycles. The third-order valence-electron chi connectivity index (χ3n) is 8.39. The first-order chi connectivity index (χ1) is 20.1. The van der Waals surface area contributed by atoms with Crippen molar-refractivity contribution in [2.45, 2.75) is 82.9 Å². The highest BCUT2D eigenvalue weighted by Gasteiger charge is 2.39. The topological polar surface area (TPSA) is 51.1 Å². The Bertz CT molecular complexity index is 1470. The zero-order chi connectivity index (χ0) is 28.2. The van der Waals surface area contributed by atoms with Gasteiger partial charge in [0.25, 0.3) is 5.91 Å². The van der Waals surface area contributed by atoms with E-state index in [4.69, 9.17) is 26.1 Å². The van der Waals surface area contributed by atoms with Crippen molar-refractivity contribution < 1.29 is 14.3 Å². The van der Waals surface area contributed by atoms with E-state index in [-0.39, 0.29) is 11.9 Å². The number of carbonyl (C=O) groups is 1. The second kappa shape index (κ2) is 12.9. The number of amidine groups is 1. The molecule has 1 heterocycles. The first kappa shape index (κ1) is 28.2. The number of thioether (sulfide) groups is 1. The average molecular weight is 589 g/mol. The van der Waals surface area contributed by atoms with E-state index in [1.165, 1.54) is 61.1 Å². The van der Waals surface area contributed by atoms with Gasteiger partial charge in [-0.05, 0) is 83.6 Å². The summed E-state index contributed by atoms with van der Waals surface area (Å²) in [5.41, 5.74) is 1.86. The Morgan fingerprint density at radius 2 is 1.68 bits per heavy atom. The molecule has 3 aliphatic rings. The largest absolute Gasteiger partial charge is 0.493 e. The summed E-state index contributed by atoms with van der Waals surface area (Å²) >= 11 is 8.26. The summed E-state index contributed by atoms with van der Waals surface area (Å²) in [5, 5.41) is 3.69. The van der Waals surface area contributed by atoms with Crippen molar-refractivity contribution in [3.8, 4) is 11.5 Å². The number of halogens is 1. The van der Waals surface area contributed by atoms with Gasteiger partial charge in [-0.1, -0.05) is 86.5 Å². The molecule has 1 aliphatic heterocycles. The molecule has 0 atom stereocenters. The van der Waals surface area contributed by atoms with Crippen LogP contribution < -0.4 is 9.47 Å². The molecule has 6 rings (SSSR count). The monoisotopic (exact) mass is 588 g/mol. The maximum Gasteiger partial charge on any atom is 0.266 e. The molecule has 214 valence electrons. The summed E-state index contributed by atoms with van der Waals surface area (Å²) in [5.74, 6) is 1.10. The zero-order valence-electron chi connectivity index (χ0n) is 23.6. The number of fused-ring (bicyclic) bond motifs is 1. The summed E-state index contributed by atoms with van der Waals surface area (Å²) in [7, 11) is 1.61. The standard InChI is InChI=1S/C34H37ClN2O3S/c1-39-30-20-24(19-29(35)32(30)40-22-23-16-17-25-10-8-9-11-26(25)18-23)21-31-33(38)37(28-14-6-3-7-15-28)34(41-31)36-27-12-4-2-5-13-27/h8-11,16-21,27-28H,2-7,12-15,22H2,1H3. The number of aliphatic imine (C=N–C) groups is 1. The fraction of sp³-hybridized carbons (Fsp3) is 0.412. The molecule has 0 radical (unpaired) electrons. The highest BCUT2D eigenvalue weighted by atomic mass is 35.5. The molecule has 1 saturated heterocycles. The van der Waals surface area contributed by atoms with Crippen molar-refractivity contribution in [3.63, 3.8) is 0 Å². The van der Waals surface area contributed by atoms with Crippen LogP contribution in [0.3, 0.4) is 0 Å². The molecule has 0 unspecified atom stereocenters. The van der Waals surface area contributed by atoms with E-state index >= 15 is 0 Å². The predicted molar refractivity (Wildman–Crippen MR) is 170 cm³/mol. The minimum absolute atomic E-state index is 0.0585. The van der Waals surface area contributed by atoms with E-state index in [9.17, 15) is 4.79 Å². The maximum atomic E-state index is 13.8. The lowest BCUT2D eigenvalue weighted by molar-refractivity contribution is -0.124. The third kappa shape index (κ3) is 6.44. The van der Waals surface area contributed by atoms with Gasteiger partial charge in [0.1, 0.15) is 6.61 Å². The lowest BCUT2D eigenvalue weighted by Gasteiger charge is -2.31. The number of benzene rings is 3. The van der Waals surface area contributed by atoms with Crippen LogP contribution in [-0.2, 0) is 11.4 Å². The molecule has 3 fully saturated rings. The van der Waals surface area contributed by atoms with Gasteiger partial charge in [0.05, 0.1) is 23.1 Å². The Morgan fingerprint density at radius 1 is 0.951 bits per heavy atom. The molecule has 0 spiro atoms. The lowest BCUT2D eigenvalue weighted by atomic mass is 9.94. The Morgan fingerprint density at radius 3 is 2.44 bits per heavy atom. The average Bonchev–Trinajstić information content (AvgIpc) is 3.30. The van der Waals surface area contributed by atoms with Crippen molar-refractivity contribution in [1.82, 2.24) is 4.90 Å². The van der Waals surface area contributed by atoms with Crippen molar-refractivity contribution >= 4 is 51.3 Å². The van der Waals surface area contributed by atoms with Crippen LogP contribution in [0, 0.1) is 0 Å². The fourth-order valence-corrected chi connectivity index (χ4v) is 7.59. The molecule has 3 aromatic rings. The van der Waals surface area contributed by atoms with Crippen molar-refractivity contribution in [1.29, 1.82) is 0 Å². The molecule has 3 aromatic carbocycles. The summed E-state index contributed by atoms with van der Waals surface area (Å²) in [6.45, 7) is 0.368. The highest BCUT2D eigenvalue weighted by molar-refractivity contribution is 8.18. The molecule has 0 N–H and O–H groups in total. The summed E-state index contributed by atoms with van der Waals surface area (Å²) in [4.78, 5) is 21.6. The van der Waals surface area contributed by atoms with Crippen LogP contribution in [0.5, 0.6) is 11.5 Å². The zero-order valence-corrected chi connectivity index (χ0v) is 25.2. The Hall–Kier alpha value is -2.96. The minimum atomic E-state index is 0.0585. The van der Waals surface area contributed by atoms with Crippen LogP contribution in [0.1, 0.15) is 75.3 Å². The molecule has 41 heavy (non-hydrogen) atoms. The van der Waals surface area contributed by atoms with E-state index in [0.717, 1.165) is 42.0 Å². The smallest absolute Gasteiger partial charge is 0.266 e. The van der Waals surface area contributed by atoms with Crippen molar-refractivity contribution in [2.24, 2.45) is 4.99 Å². The van der Waals surface area contributed by atoms with E-state index < -0.39 is 0 Å². The normalized spacial score (nSPS) is 20.8. The quantitative estimate of drug-likeness (QED) is 0.258. The maximum absolute atomic E-state index is 13.8. The molecule has 1 amide bonds. The van der Waals surface area contributed by atoms with Crippen LogP contribution in [0.25, 0.3) is 16.8 Å². The van der Waals surface area contributed by atoms with Gasteiger partial charge in [-0.3, -0.25) is 14.7 Å². The van der Waals surface area contributed by atoms with E-state index in [1.54, 1.807) is 7.11 Å². The van der Waals surface area contributed by atoms with Gasteiger partial charge in [0, 0.05) is 6.04 Å². The minimum Gasteiger partial charge on any atom is -0.493 e. The Balaban J connectivity index is 1.24. The van der Waals surface area contributed by atoms with Crippen molar-refractivity contribution in [3.05, 3.63) is 75.7 Å². The number of nitrogens with zero attached hydrogens (tertiary/aromatic N) is 2. The molecule has 5 nitrogen and oxygen atoms in total. The fourth-order valence-electron chi connectivity index (χ4n) is 6.20.